The summed E-state index contributed by atoms with van der Waals surface area (Å²) in [6.45, 7) is 3.14. The highest BCUT2D eigenvalue weighted by molar-refractivity contribution is 14.1. The lowest BCUT2D eigenvalue weighted by Crippen LogP contribution is -2.46. The molecule has 1 saturated heterocycles. The van der Waals surface area contributed by atoms with Crippen LogP contribution in [0.2, 0.25) is 0 Å². The Morgan fingerprint density at radius 3 is 3.06 bits per heavy atom. The van der Waals surface area contributed by atoms with Crippen molar-refractivity contribution in [3.63, 3.8) is 0 Å². The Morgan fingerprint density at radius 2 is 2.35 bits per heavy atom. The van der Waals surface area contributed by atoms with E-state index in [0.717, 1.165) is 28.5 Å². The van der Waals surface area contributed by atoms with Gasteiger partial charge in [0.05, 0.1) is 0 Å². The normalized spacial score (nSPS) is 24.4. The second kappa shape index (κ2) is 5.82. The van der Waals surface area contributed by atoms with Gasteiger partial charge in [-0.25, -0.2) is 0 Å². The lowest BCUT2D eigenvalue weighted by atomic mass is 10.0. The molecule has 2 N–H and O–H groups in total. The number of rotatable bonds is 2. The molecule has 0 spiro atoms. The maximum Gasteiger partial charge on any atom is 0.251 e. The molecule has 1 amide bonds. The molecular formula is C13H17IN2O. The topological polar surface area (TPSA) is 41.1 Å². The Kier molecular flexibility index (Phi) is 4.39. The summed E-state index contributed by atoms with van der Waals surface area (Å²) in [6.07, 6.45) is 2.02. The third-order valence-corrected chi connectivity index (χ3v) is 3.72. The smallest absolute Gasteiger partial charge is 0.251 e. The highest BCUT2D eigenvalue weighted by Gasteiger charge is 2.20. The minimum Gasteiger partial charge on any atom is -0.349 e. The third-order valence-electron chi connectivity index (χ3n) is 3.05. The van der Waals surface area contributed by atoms with Gasteiger partial charge >= 0.3 is 0 Å². The first-order valence-electron chi connectivity index (χ1n) is 5.95. The molecule has 2 rings (SSSR count). The summed E-state index contributed by atoms with van der Waals surface area (Å²) in [5.41, 5.74) is 0.753. The van der Waals surface area contributed by atoms with E-state index >= 15 is 0 Å². The molecule has 92 valence electrons. The summed E-state index contributed by atoms with van der Waals surface area (Å²) in [5.74, 6) is 0.0441. The number of halogens is 1. The van der Waals surface area contributed by atoms with Gasteiger partial charge in [-0.05, 0) is 67.1 Å². The second-order valence-corrected chi connectivity index (χ2v) is 5.81. The average molecular weight is 344 g/mol. The van der Waals surface area contributed by atoms with Crippen molar-refractivity contribution >= 4 is 28.5 Å². The van der Waals surface area contributed by atoms with Gasteiger partial charge in [-0.1, -0.05) is 6.07 Å². The molecule has 1 aliphatic rings. The zero-order chi connectivity index (χ0) is 12.3. The summed E-state index contributed by atoms with van der Waals surface area (Å²) < 4.78 is 1.09. The third kappa shape index (κ3) is 3.67. The van der Waals surface area contributed by atoms with Crippen molar-refractivity contribution in [1.82, 2.24) is 10.6 Å². The lowest BCUT2D eigenvalue weighted by Gasteiger charge is -2.28. The van der Waals surface area contributed by atoms with Crippen molar-refractivity contribution in [2.45, 2.75) is 31.8 Å². The van der Waals surface area contributed by atoms with Crippen molar-refractivity contribution in [1.29, 1.82) is 0 Å². The minimum absolute atomic E-state index is 0.0441. The quantitative estimate of drug-likeness (QED) is 0.808. The van der Waals surface area contributed by atoms with Crippen molar-refractivity contribution in [3.8, 4) is 0 Å². The van der Waals surface area contributed by atoms with Crippen LogP contribution < -0.4 is 10.6 Å². The van der Waals surface area contributed by atoms with Gasteiger partial charge in [-0.3, -0.25) is 4.79 Å². The highest BCUT2D eigenvalue weighted by atomic mass is 127. The van der Waals surface area contributed by atoms with Crippen LogP contribution in [0.25, 0.3) is 0 Å². The average Bonchev–Trinajstić information content (AvgIpc) is 2.29. The van der Waals surface area contributed by atoms with E-state index in [-0.39, 0.29) is 5.91 Å². The van der Waals surface area contributed by atoms with Gasteiger partial charge in [0.25, 0.3) is 5.91 Å². The molecule has 1 fully saturated rings. The van der Waals surface area contributed by atoms with Crippen LogP contribution in [0.4, 0.5) is 0 Å². The van der Waals surface area contributed by atoms with Crippen LogP contribution in [0.1, 0.15) is 30.1 Å². The van der Waals surface area contributed by atoms with Gasteiger partial charge in [0.1, 0.15) is 0 Å². The molecule has 4 heteroatoms. The predicted molar refractivity (Wildman–Crippen MR) is 77.1 cm³/mol. The molecule has 0 bridgehead atoms. The highest BCUT2D eigenvalue weighted by Crippen LogP contribution is 2.11. The van der Waals surface area contributed by atoms with Gasteiger partial charge in [-0.15, -0.1) is 0 Å². The number of carbonyl (C=O) groups is 1. The standard InChI is InChI=1S/C13H17IN2O/c1-9-7-12(5-6-15-9)16-13(17)10-3-2-4-11(14)8-10/h2-4,8-9,12,15H,5-7H2,1H3,(H,16,17). The second-order valence-electron chi connectivity index (χ2n) is 4.56. The van der Waals surface area contributed by atoms with Gasteiger partial charge in [0.2, 0.25) is 0 Å². The van der Waals surface area contributed by atoms with Crippen LogP contribution in [0.15, 0.2) is 24.3 Å². The zero-order valence-corrected chi connectivity index (χ0v) is 12.0. The van der Waals surface area contributed by atoms with Crippen molar-refractivity contribution in [3.05, 3.63) is 33.4 Å². The number of hydrogen-bond donors (Lipinski definition) is 2. The summed E-state index contributed by atoms with van der Waals surface area (Å²) in [7, 11) is 0. The first-order valence-corrected chi connectivity index (χ1v) is 7.03. The van der Waals surface area contributed by atoms with E-state index in [1.807, 2.05) is 24.3 Å². The van der Waals surface area contributed by atoms with E-state index in [0.29, 0.717) is 12.1 Å². The predicted octanol–water partition coefficient (Wildman–Crippen LogP) is 2.16. The monoisotopic (exact) mass is 344 g/mol. The molecule has 17 heavy (non-hydrogen) atoms. The molecule has 3 nitrogen and oxygen atoms in total. The molecular weight excluding hydrogens is 327 g/mol. The summed E-state index contributed by atoms with van der Waals surface area (Å²) in [5, 5.41) is 6.49. The molecule has 2 atom stereocenters. The number of amides is 1. The number of nitrogens with one attached hydrogen (secondary N) is 2. The zero-order valence-electron chi connectivity index (χ0n) is 9.87. The molecule has 0 aliphatic carbocycles. The van der Waals surface area contributed by atoms with Gasteiger partial charge in [-0.2, -0.15) is 0 Å². The Hall–Kier alpha value is -0.620. The van der Waals surface area contributed by atoms with Gasteiger partial charge < -0.3 is 10.6 Å². The molecule has 0 aromatic heterocycles. The largest absolute Gasteiger partial charge is 0.349 e. The SMILES string of the molecule is CC1CC(NC(=O)c2cccc(I)c2)CCN1. The van der Waals surface area contributed by atoms with Crippen LogP contribution in [0.3, 0.4) is 0 Å². The molecule has 1 aromatic carbocycles. The Balaban J connectivity index is 1.97. The van der Waals surface area contributed by atoms with Crippen LogP contribution in [-0.4, -0.2) is 24.5 Å². The molecule has 1 heterocycles. The lowest BCUT2D eigenvalue weighted by molar-refractivity contribution is 0.0925. The first kappa shape index (κ1) is 12.8. The Bertz CT molecular complexity index is 408. The van der Waals surface area contributed by atoms with Crippen molar-refractivity contribution in [2.75, 3.05) is 6.54 Å². The minimum atomic E-state index is 0.0441. The van der Waals surface area contributed by atoms with Gasteiger partial charge in [0, 0.05) is 21.2 Å². The summed E-state index contributed by atoms with van der Waals surface area (Å²) in [6, 6.07) is 8.48. The van der Waals surface area contributed by atoms with E-state index in [1.165, 1.54) is 0 Å². The van der Waals surface area contributed by atoms with Crippen LogP contribution in [-0.2, 0) is 0 Å². The van der Waals surface area contributed by atoms with E-state index in [1.54, 1.807) is 0 Å². The van der Waals surface area contributed by atoms with Gasteiger partial charge in [0.15, 0.2) is 0 Å². The number of piperidine rings is 1. The van der Waals surface area contributed by atoms with Crippen LogP contribution >= 0.6 is 22.6 Å². The summed E-state index contributed by atoms with van der Waals surface area (Å²) in [4.78, 5) is 12.0. The maximum absolute atomic E-state index is 12.0. The fraction of sp³-hybridized carbons (Fsp3) is 0.462. The van der Waals surface area contributed by atoms with E-state index in [2.05, 4.69) is 40.1 Å². The number of benzene rings is 1. The van der Waals surface area contributed by atoms with Crippen molar-refractivity contribution < 1.29 is 4.79 Å². The molecule has 2 unspecified atom stereocenters. The fourth-order valence-corrected chi connectivity index (χ4v) is 2.70. The summed E-state index contributed by atoms with van der Waals surface area (Å²) >= 11 is 2.22. The van der Waals surface area contributed by atoms with E-state index < -0.39 is 0 Å². The van der Waals surface area contributed by atoms with Crippen LogP contribution in [0, 0.1) is 3.57 Å². The fourth-order valence-electron chi connectivity index (χ4n) is 2.16. The molecule has 1 aliphatic heterocycles. The first-order chi connectivity index (χ1) is 8.15. The van der Waals surface area contributed by atoms with Crippen LogP contribution in [0.5, 0.6) is 0 Å². The Morgan fingerprint density at radius 1 is 1.53 bits per heavy atom. The molecule has 0 saturated carbocycles. The van der Waals surface area contributed by atoms with E-state index in [9.17, 15) is 4.79 Å². The number of hydrogen-bond acceptors (Lipinski definition) is 2. The molecule has 0 radical (unpaired) electrons. The van der Waals surface area contributed by atoms with E-state index in [4.69, 9.17) is 0 Å². The Labute approximate surface area is 116 Å². The number of carbonyl (C=O) groups excluding carboxylic acids is 1. The molecule has 1 aromatic rings. The van der Waals surface area contributed by atoms with Crippen molar-refractivity contribution in [2.24, 2.45) is 0 Å². The maximum atomic E-state index is 12.0.